The Kier molecular flexibility index (Phi) is 5.03. The first-order valence-electron chi connectivity index (χ1n) is 5.15. The summed E-state index contributed by atoms with van der Waals surface area (Å²) in [6.07, 6.45) is -2.58. The largest absolute Gasteiger partial charge is 0.492 e. The molecule has 2 nitrogen and oxygen atoms in total. The van der Waals surface area contributed by atoms with Crippen molar-refractivity contribution in [2.24, 2.45) is 0 Å². The first-order valence-corrected chi connectivity index (χ1v) is 5.15. The molecule has 0 fully saturated rings. The zero-order chi connectivity index (χ0) is 12.7. The number of hydrogen-bond donors (Lipinski definition) is 1. The quantitative estimate of drug-likeness (QED) is 0.614. The molecule has 1 rings (SSSR count). The van der Waals surface area contributed by atoms with Gasteiger partial charge >= 0.3 is 6.18 Å². The minimum Gasteiger partial charge on any atom is -0.492 e. The summed E-state index contributed by atoms with van der Waals surface area (Å²) in [5, 5.41) is 3.02. The van der Waals surface area contributed by atoms with Gasteiger partial charge in [0.2, 0.25) is 0 Å². The maximum atomic E-state index is 12.3. The van der Waals surface area contributed by atoms with Crippen LogP contribution in [0.5, 0.6) is 5.75 Å². The Bertz CT molecular complexity index is 346. The van der Waals surface area contributed by atoms with Gasteiger partial charge in [-0.15, -0.1) is 6.58 Å². The predicted octanol–water partition coefficient (Wildman–Crippen LogP) is 2.86. The Morgan fingerprint density at radius 3 is 2.41 bits per heavy atom. The normalized spacial score (nSPS) is 11.2. The van der Waals surface area contributed by atoms with Gasteiger partial charge in [0, 0.05) is 13.1 Å². The van der Waals surface area contributed by atoms with E-state index in [4.69, 9.17) is 4.74 Å². The molecule has 0 bridgehead atoms. The molecule has 1 aromatic carbocycles. The van der Waals surface area contributed by atoms with Crippen molar-refractivity contribution >= 4 is 0 Å². The van der Waals surface area contributed by atoms with E-state index >= 15 is 0 Å². The Morgan fingerprint density at radius 1 is 1.24 bits per heavy atom. The second kappa shape index (κ2) is 6.30. The van der Waals surface area contributed by atoms with Crippen LogP contribution in [0.4, 0.5) is 13.2 Å². The van der Waals surface area contributed by atoms with Crippen molar-refractivity contribution in [3.05, 3.63) is 42.5 Å². The second-order valence-electron chi connectivity index (χ2n) is 3.36. The molecular formula is C12H14F3NO. The van der Waals surface area contributed by atoms with Crippen molar-refractivity contribution in [2.45, 2.75) is 6.18 Å². The van der Waals surface area contributed by atoms with Crippen molar-refractivity contribution in [1.82, 2.24) is 5.32 Å². The number of nitrogens with one attached hydrogen (secondary N) is 1. The first-order chi connectivity index (χ1) is 8.04. The van der Waals surface area contributed by atoms with E-state index in [9.17, 15) is 13.2 Å². The molecule has 0 aliphatic heterocycles. The lowest BCUT2D eigenvalue weighted by Crippen LogP contribution is -2.20. The van der Waals surface area contributed by atoms with Gasteiger partial charge in [-0.2, -0.15) is 13.2 Å². The van der Waals surface area contributed by atoms with Crippen LogP contribution in [-0.4, -0.2) is 19.7 Å². The monoisotopic (exact) mass is 245 g/mol. The molecule has 0 amide bonds. The average molecular weight is 245 g/mol. The fourth-order valence-electron chi connectivity index (χ4n) is 1.19. The summed E-state index contributed by atoms with van der Waals surface area (Å²) in [4.78, 5) is 0. The van der Waals surface area contributed by atoms with Gasteiger partial charge in [0.05, 0.1) is 5.56 Å². The van der Waals surface area contributed by atoms with Crippen LogP contribution >= 0.6 is 0 Å². The van der Waals surface area contributed by atoms with Gasteiger partial charge in [-0.05, 0) is 24.3 Å². The van der Waals surface area contributed by atoms with Crippen LogP contribution in [0.15, 0.2) is 36.9 Å². The predicted molar refractivity (Wildman–Crippen MR) is 60.0 cm³/mol. The molecule has 0 saturated carbocycles. The van der Waals surface area contributed by atoms with Gasteiger partial charge in [0.15, 0.2) is 0 Å². The van der Waals surface area contributed by atoms with Crippen molar-refractivity contribution in [3.8, 4) is 5.75 Å². The van der Waals surface area contributed by atoms with Crippen LogP contribution in [0.2, 0.25) is 0 Å². The molecule has 1 aromatic rings. The number of ether oxygens (including phenoxy) is 1. The van der Waals surface area contributed by atoms with Crippen molar-refractivity contribution in [1.29, 1.82) is 0 Å². The molecule has 0 aromatic heterocycles. The molecule has 1 N–H and O–H groups in total. The van der Waals surface area contributed by atoms with E-state index in [0.29, 0.717) is 25.4 Å². The fourth-order valence-corrected chi connectivity index (χ4v) is 1.19. The molecule has 0 atom stereocenters. The van der Waals surface area contributed by atoms with Crippen LogP contribution < -0.4 is 10.1 Å². The average Bonchev–Trinajstić information content (AvgIpc) is 2.28. The lowest BCUT2D eigenvalue weighted by Gasteiger charge is -2.09. The Labute approximate surface area is 98.1 Å². The van der Waals surface area contributed by atoms with E-state index in [0.717, 1.165) is 12.1 Å². The molecule has 0 radical (unpaired) electrons. The Hall–Kier alpha value is -1.49. The number of benzene rings is 1. The van der Waals surface area contributed by atoms with E-state index in [1.165, 1.54) is 12.1 Å². The summed E-state index contributed by atoms with van der Waals surface area (Å²) in [6.45, 7) is 5.24. The van der Waals surface area contributed by atoms with E-state index in [2.05, 4.69) is 11.9 Å². The number of hydrogen-bond acceptors (Lipinski definition) is 2. The van der Waals surface area contributed by atoms with Crippen LogP contribution in [0.25, 0.3) is 0 Å². The molecule has 0 aliphatic carbocycles. The minimum absolute atomic E-state index is 0.402. The van der Waals surface area contributed by atoms with Gasteiger partial charge in [-0.3, -0.25) is 0 Å². The van der Waals surface area contributed by atoms with Crippen LogP contribution in [0, 0.1) is 0 Å². The van der Waals surface area contributed by atoms with Gasteiger partial charge in [0.1, 0.15) is 12.4 Å². The summed E-state index contributed by atoms with van der Waals surface area (Å²) in [6, 6.07) is 4.64. The van der Waals surface area contributed by atoms with Gasteiger partial charge < -0.3 is 10.1 Å². The summed E-state index contributed by atoms with van der Waals surface area (Å²) >= 11 is 0. The molecular weight excluding hydrogens is 231 g/mol. The van der Waals surface area contributed by atoms with E-state index < -0.39 is 11.7 Å². The maximum Gasteiger partial charge on any atom is 0.416 e. The first kappa shape index (κ1) is 13.6. The smallest absolute Gasteiger partial charge is 0.416 e. The van der Waals surface area contributed by atoms with Gasteiger partial charge in [-0.1, -0.05) is 6.08 Å². The third kappa shape index (κ3) is 4.91. The van der Waals surface area contributed by atoms with Crippen LogP contribution in [0.1, 0.15) is 5.56 Å². The number of halogens is 3. The zero-order valence-corrected chi connectivity index (χ0v) is 9.26. The van der Waals surface area contributed by atoms with Crippen LogP contribution in [-0.2, 0) is 6.18 Å². The summed E-state index contributed by atoms with van der Waals surface area (Å²) in [5.74, 6) is 0.429. The Balaban J connectivity index is 2.38. The highest BCUT2D eigenvalue weighted by Crippen LogP contribution is 2.30. The highest BCUT2D eigenvalue weighted by molar-refractivity contribution is 5.28. The molecule has 0 aliphatic rings. The third-order valence-corrected chi connectivity index (χ3v) is 2.02. The SMILES string of the molecule is C=CCNCCOc1ccc(C(F)(F)F)cc1. The molecule has 5 heteroatoms. The summed E-state index contributed by atoms with van der Waals surface area (Å²) < 4.78 is 42.0. The third-order valence-electron chi connectivity index (χ3n) is 2.02. The summed E-state index contributed by atoms with van der Waals surface area (Å²) in [5.41, 5.74) is -0.672. The highest BCUT2D eigenvalue weighted by atomic mass is 19.4. The zero-order valence-electron chi connectivity index (χ0n) is 9.26. The van der Waals surface area contributed by atoms with E-state index in [1.54, 1.807) is 6.08 Å². The van der Waals surface area contributed by atoms with E-state index in [1.807, 2.05) is 0 Å². The second-order valence-corrected chi connectivity index (χ2v) is 3.36. The van der Waals surface area contributed by atoms with Gasteiger partial charge in [0.25, 0.3) is 0 Å². The van der Waals surface area contributed by atoms with Crippen LogP contribution in [0.3, 0.4) is 0 Å². The number of rotatable bonds is 6. The maximum absolute atomic E-state index is 12.3. The molecule has 0 heterocycles. The highest BCUT2D eigenvalue weighted by Gasteiger charge is 2.29. The molecule has 94 valence electrons. The molecule has 0 unspecified atom stereocenters. The van der Waals surface area contributed by atoms with Crippen molar-refractivity contribution in [3.63, 3.8) is 0 Å². The lowest BCUT2D eigenvalue weighted by molar-refractivity contribution is -0.137. The fraction of sp³-hybridized carbons (Fsp3) is 0.333. The van der Waals surface area contributed by atoms with Crippen molar-refractivity contribution in [2.75, 3.05) is 19.7 Å². The Morgan fingerprint density at radius 2 is 1.88 bits per heavy atom. The minimum atomic E-state index is -4.30. The number of alkyl halides is 3. The molecule has 0 saturated heterocycles. The molecule has 17 heavy (non-hydrogen) atoms. The standard InChI is InChI=1S/C12H14F3NO/c1-2-7-16-8-9-17-11-5-3-10(4-6-11)12(13,14)15/h2-6,16H,1,7-9H2. The van der Waals surface area contributed by atoms with E-state index in [-0.39, 0.29) is 0 Å². The molecule has 0 spiro atoms. The van der Waals surface area contributed by atoms with Crippen molar-refractivity contribution < 1.29 is 17.9 Å². The lowest BCUT2D eigenvalue weighted by atomic mass is 10.2. The topological polar surface area (TPSA) is 21.3 Å². The van der Waals surface area contributed by atoms with Gasteiger partial charge in [-0.25, -0.2) is 0 Å². The summed E-state index contributed by atoms with van der Waals surface area (Å²) in [7, 11) is 0.